The fourth-order valence-corrected chi connectivity index (χ4v) is 1.26. The van der Waals surface area contributed by atoms with Gasteiger partial charge in [-0.2, -0.15) is 5.26 Å². The van der Waals surface area contributed by atoms with Crippen LogP contribution in [0.2, 0.25) is 0 Å². The lowest BCUT2D eigenvalue weighted by Crippen LogP contribution is -2.33. The quantitative estimate of drug-likeness (QED) is 0.477. The van der Waals surface area contributed by atoms with E-state index in [0.717, 1.165) is 6.54 Å². The molecule has 0 aromatic rings. The highest BCUT2D eigenvalue weighted by molar-refractivity contribution is 4.98. The van der Waals surface area contributed by atoms with Crippen LogP contribution in [-0.4, -0.2) is 42.6 Å². The second-order valence-corrected chi connectivity index (χ2v) is 2.88. The van der Waals surface area contributed by atoms with E-state index in [2.05, 4.69) is 22.8 Å². The summed E-state index contributed by atoms with van der Waals surface area (Å²) >= 11 is 0. The summed E-state index contributed by atoms with van der Waals surface area (Å²) in [6.45, 7) is 2.98. The smallest absolute Gasteiger partial charge is 0.112 e. The molecule has 10 heavy (non-hydrogen) atoms. The van der Waals surface area contributed by atoms with Gasteiger partial charge in [0.1, 0.15) is 6.04 Å². The molecule has 1 fully saturated rings. The van der Waals surface area contributed by atoms with Gasteiger partial charge in [0, 0.05) is 6.54 Å². The largest absolute Gasteiger partial charge is 0.289 e. The maximum Gasteiger partial charge on any atom is 0.112 e. The monoisotopic (exact) mass is 139 g/mol. The van der Waals surface area contributed by atoms with Crippen LogP contribution >= 0.6 is 0 Å². The number of rotatable bonds is 0. The number of likely N-dealkylation sites (N-methyl/N-ethyl adjacent to an activating group) is 2. The van der Waals surface area contributed by atoms with Gasteiger partial charge in [0.15, 0.2) is 0 Å². The Morgan fingerprint density at radius 3 is 2.30 bits per heavy atom. The minimum atomic E-state index is 0.0833. The standard InChI is InChI=1S/C7H13N3/c1-6-9(2)5-7(4-8)10(6)3/h6-7H,5H2,1-3H3. The predicted molar refractivity (Wildman–Crippen MR) is 39.3 cm³/mol. The summed E-state index contributed by atoms with van der Waals surface area (Å²) in [6, 6.07) is 2.34. The van der Waals surface area contributed by atoms with Gasteiger partial charge in [0.25, 0.3) is 0 Å². The first-order valence-corrected chi connectivity index (χ1v) is 3.48. The fraction of sp³-hybridized carbons (Fsp3) is 0.857. The lowest BCUT2D eigenvalue weighted by Gasteiger charge is -2.19. The van der Waals surface area contributed by atoms with Crippen LogP contribution < -0.4 is 0 Å². The van der Waals surface area contributed by atoms with Crippen LogP contribution in [0.25, 0.3) is 0 Å². The Labute approximate surface area is 61.8 Å². The number of hydrogen-bond donors (Lipinski definition) is 0. The summed E-state index contributed by atoms with van der Waals surface area (Å²) in [6.07, 6.45) is 0.407. The number of hydrogen-bond acceptors (Lipinski definition) is 3. The van der Waals surface area contributed by atoms with E-state index in [-0.39, 0.29) is 6.04 Å². The van der Waals surface area contributed by atoms with Crippen molar-refractivity contribution in [2.24, 2.45) is 0 Å². The van der Waals surface area contributed by atoms with E-state index in [4.69, 9.17) is 5.26 Å². The molecule has 0 radical (unpaired) electrons. The molecule has 0 bridgehead atoms. The Balaban J connectivity index is 2.64. The first-order valence-electron chi connectivity index (χ1n) is 3.48. The first kappa shape index (κ1) is 7.52. The summed E-state index contributed by atoms with van der Waals surface area (Å²) in [5, 5.41) is 8.65. The molecule has 0 aliphatic carbocycles. The molecule has 56 valence electrons. The van der Waals surface area contributed by atoms with Gasteiger partial charge in [-0.3, -0.25) is 9.80 Å². The third-order valence-corrected chi connectivity index (χ3v) is 2.33. The zero-order valence-corrected chi connectivity index (χ0v) is 6.70. The molecular formula is C7H13N3. The first-order chi connectivity index (χ1) is 4.66. The Hall–Kier alpha value is -0.590. The summed E-state index contributed by atoms with van der Waals surface area (Å²) in [7, 11) is 4.03. The van der Waals surface area contributed by atoms with Crippen LogP contribution in [0.15, 0.2) is 0 Å². The van der Waals surface area contributed by atoms with Gasteiger partial charge in [0.2, 0.25) is 0 Å². The summed E-state index contributed by atoms with van der Waals surface area (Å²) in [5.41, 5.74) is 0. The van der Waals surface area contributed by atoms with Crippen LogP contribution in [0.1, 0.15) is 6.92 Å². The minimum Gasteiger partial charge on any atom is -0.289 e. The maximum atomic E-state index is 8.65. The lowest BCUT2D eigenvalue weighted by atomic mass is 10.3. The Morgan fingerprint density at radius 2 is 2.10 bits per heavy atom. The highest BCUT2D eigenvalue weighted by Gasteiger charge is 2.30. The molecule has 0 aromatic heterocycles. The zero-order valence-electron chi connectivity index (χ0n) is 6.70. The fourth-order valence-electron chi connectivity index (χ4n) is 1.26. The molecule has 0 saturated carbocycles. The second-order valence-electron chi connectivity index (χ2n) is 2.88. The minimum absolute atomic E-state index is 0.0833. The summed E-state index contributed by atoms with van der Waals surface area (Å²) in [4.78, 5) is 4.26. The molecule has 0 aromatic carbocycles. The highest BCUT2D eigenvalue weighted by atomic mass is 15.4. The average molecular weight is 139 g/mol. The molecule has 1 aliphatic rings. The van der Waals surface area contributed by atoms with Crippen molar-refractivity contribution in [2.75, 3.05) is 20.6 Å². The van der Waals surface area contributed by atoms with E-state index in [0.29, 0.717) is 6.17 Å². The van der Waals surface area contributed by atoms with Crippen molar-refractivity contribution in [3.05, 3.63) is 0 Å². The van der Waals surface area contributed by atoms with Crippen LogP contribution in [0, 0.1) is 11.3 Å². The van der Waals surface area contributed by atoms with Gasteiger partial charge in [0.05, 0.1) is 12.2 Å². The molecule has 2 unspecified atom stereocenters. The molecule has 2 atom stereocenters. The van der Waals surface area contributed by atoms with Crippen molar-refractivity contribution in [3.8, 4) is 6.07 Å². The van der Waals surface area contributed by atoms with Crippen molar-refractivity contribution >= 4 is 0 Å². The highest BCUT2D eigenvalue weighted by Crippen LogP contribution is 2.14. The second kappa shape index (κ2) is 2.57. The molecule has 1 rings (SSSR count). The molecule has 0 amide bonds. The van der Waals surface area contributed by atoms with Gasteiger partial charge in [-0.25, -0.2) is 0 Å². The Kier molecular flexibility index (Phi) is 1.93. The number of nitriles is 1. The molecular weight excluding hydrogens is 126 g/mol. The van der Waals surface area contributed by atoms with Gasteiger partial charge >= 0.3 is 0 Å². The zero-order chi connectivity index (χ0) is 7.72. The van der Waals surface area contributed by atoms with Crippen LogP contribution in [0.4, 0.5) is 0 Å². The van der Waals surface area contributed by atoms with Gasteiger partial charge in [-0.15, -0.1) is 0 Å². The third kappa shape index (κ3) is 1.00. The van der Waals surface area contributed by atoms with E-state index in [1.54, 1.807) is 0 Å². The maximum absolute atomic E-state index is 8.65. The van der Waals surface area contributed by atoms with Gasteiger partial charge < -0.3 is 0 Å². The molecule has 3 nitrogen and oxygen atoms in total. The SMILES string of the molecule is CC1N(C)CC(C#N)N1C. The number of nitrogens with zero attached hydrogens (tertiary/aromatic N) is 3. The molecule has 0 spiro atoms. The van der Waals surface area contributed by atoms with Gasteiger partial charge in [-0.05, 0) is 21.0 Å². The van der Waals surface area contributed by atoms with Crippen molar-refractivity contribution in [3.63, 3.8) is 0 Å². The lowest BCUT2D eigenvalue weighted by molar-refractivity contribution is 0.199. The van der Waals surface area contributed by atoms with Crippen molar-refractivity contribution in [1.29, 1.82) is 5.26 Å². The van der Waals surface area contributed by atoms with E-state index in [1.807, 2.05) is 14.1 Å². The van der Waals surface area contributed by atoms with Crippen LogP contribution in [0.3, 0.4) is 0 Å². The van der Waals surface area contributed by atoms with Crippen molar-refractivity contribution in [1.82, 2.24) is 9.80 Å². The van der Waals surface area contributed by atoms with E-state index in [9.17, 15) is 0 Å². The molecule has 1 heterocycles. The van der Waals surface area contributed by atoms with Crippen LogP contribution in [-0.2, 0) is 0 Å². The van der Waals surface area contributed by atoms with Crippen molar-refractivity contribution < 1.29 is 0 Å². The average Bonchev–Trinajstić information content (AvgIpc) is 2.17. The van der Waals surface area contributed by atoms with E-state index in [1.165, 1.54) is 0 Å². The summed E-state index contributed by atoms with van der Waals surface area (Å²) < 4.78 is 0. The summed E-state index contributed by atoms with van der Waals surface area (Å²) in [5.74, 6) is 0. The van der Waals surface area contributed by atoms with Gasteiger partial charge in [-0.1, -0.05) is 0 Å². The Morgan fingerprint density at radius 1 is 1.50 bits per heavy atom. The normalized spacial score (nSPS) is 36.2. The third-order valence-electron chi connectivity index (χ3n) is 2.33. The van der Waals surface area contributed by atoms with Crippen LogP contribution in [0.5, 0.6) is 0 Å². The molecule has 3 heteroatoms. The molecule has 1 aliphatic heterocycles. The molecule has 0 N–H and O–H groups in total. The Bertz CT molecular complexity index is 161. The predicted octanol–water partition coefficient (Wildman–Crippen LogP) is 0.102. The van der Waals surface area contributed by atoms with Crippen molar-refractivity contribution in [2.45, 2.75) is 19.1 Å². The van der Waals surface area contributed by atoms with E-state index >= 15 is 0 Å². The molecule has 1 saturated heterocycles. The van der Waals surface area contributed by atoms with E-state index < -0.39 is 0 Å². The topological polar surface area (TPSA) is 30.3 Å².